The third kappa shape index (κ3) is 5.33. The van der Waals surface area contributed by atoms with Gasteiger partial charge in [-0.3, -0.25) is 4.79 Å². The van der Waals surface area contributed by atoms with Gasteiger partial charge in [0.15, 0.2) is 0 Å². The highest BCUT2D eigenvalue weighted by Gasteiger charge is 2.22. The summed E-state index contributed by atoms with van der Waals surface area (Å²) in [6.45, 7) is 4.91. The van der Waals surface area contributed by atoms with E-state index >= 15 is 0 Å². The normalized spacial score (nSPS) is 18.0. The Morgan fingerprint density at radius 2 is 2.33 bits per heavy atom. The van der Waals surface area contributed by atoms with Gasteiger partial charge in [0.1, 0.15) is 5.75 Å². The Morgan fingerprint density at radius 3 is 3.00 bits per heavy atom. The van der Waals surface area contributed by atoms with Gasteiger partial charge in [-0.25, -0.2) is 0 Å². The molecule has 1 aliphatic rings. The van der Waals surface area contributed by atoms with Crippen molar-refractivity contribution in [1.82, 2.24) is 10.2 Å². The van der Waals surface area contributed by atoms with E-state index in [1.807, 2.05) is 4.90 Å². The molecule has 0 saturated carbocycles. The van der Waals surface area contributed by atoms with Gasteiger partial charge in [-0.2, -0.15) is 0 Å². The third-order valence-electron chi connectivity index (χ3n) is 3.29. The lowest BCUT2D eigenvalue weighted by atomic mass is 10.2. The van der Waals surface area contributed by atoms with Gasteiger partial charge in [0.25, 0.3) is 0 Å². The maximum absolute atomic E-state index is 12.1. The standard InChI is InChI=1S/C14H18BrClN2O2.ClH/c1-10-9-17-5-6-18(10)14(19)4-7-20-13-3-2-11(16)8-12(13)15;/h2-3,8,10,17H,4-7,9H2,1H3;1H. The topological polar surface area (TPSA) is 41.6 Å². The van der Waals surface area contributed by atoms with Crippen LogP contribution in [0.25, 0.3) is 0 Å². The van der Waals surface area contributed by atoms with Crippen molar-refractivity contribution in [2.45, 2.75) is 19.4 Å². The van der Waals surface area contributed by atoms with Crippen LogP contribution < -0.4 is 10.1 Å². The molecule has 1 amide bonds. The zero-order chi connectivity index (χ0) is 14.5. The van der Waals surface area contributed by atoms with Crippen molar-refractivity contribution in [2.75, 3.05) is 26.2 Å². The smallest absolute Gasteiger partial charge is 0.226 e. The van der Waals surface area contributed by atoms with Gasteiger partial charge in [0.05, 0.1) is 17.5 Å². The summed E-state index contributed by atoms with van der Waals surface area (Å²) in [6, 6.07) is 5.59. The molecule has 0 bridgehead atoms. The molecule has 2 rings (SSSR count). The van der Waals surface area contributed by atoms with Gasteiger partial charge in [-0.1, -0.05) is 11.6 Å². The second kappa shape index (κ2) is 8.83. The van der Waals surface area contributed by atoms with Gasteiger partial charge in [-0.05, 0) is 41.1 Å². The number of nitrogens with zero attached hydrogens (tertiary/aromatic N) is 1. The average molecular weight is 398 g/mol. The van der Waals surface area contributed by atoms with Crippen molar-refractivity contribution in [3.05, 3.63) is 27.7 Å². The van der Waals surface area contributed by atoms with Crippen molar-refractivity contribution in [3.63, 3.8) is 0 Å². The number of carbonyl (C=O) groups excluding carboxylic acids is 1. The van der Waals surface area contributed by atoms with Crippen LogP contribution in [0.5, 0.6) is 5.75 Å². The van der Waals surface area contributed by atoms with Crippen LogP contribution in [-0.2, 0) is 4.79 Å². The number of hydrogen-bond donors (Lipinski definition) is 1. The van der Waals surface area contributed by atoms with Crippen molar-refractivity contribution >= 4 is 45.8 Å². The summed E-state index contributed by atoms with van der Waals surface area (Å²) in [7, 11) is 0. The summed E-state index contributed by atoms with van der Waals surface area (Å²) in [5.74, 6) is 0.847. The van der Waals surface area contributed by atoms with Crippen LogP contribution in [0.3, 0.4) is 0 Å². The summed E-state index contributed by atoms with van der Waals surface area (Å²) >= 11 is 9.25. The van der Waals surface area contributed by atoms with Crippen molar-refractivity contribution in [2.24, 2.45) is 0 Å². The Labute approximate surface area is 144 Å². The lowest BCUT2D eigenvalue weighted by molar-refractivity contribution is -0.134. The van der Waals surface area contributed by atoms with Crippen LogP contribution >= 0.6 is 39.9 Å². The predicted molar refractivity (Wildman–Crippen MR) is 90.6 cm³/mol. The second-order valence-electron chi connectivity index (χ2n) is 4.81. The molecule has 0 radical (unpaired) electrons. The number of halogens is 3. The Hall–Kier alpha value is -0.490. The quantitative estimate of drug-likeness (QED) is 0.848. The number of benzene rings is 1. The molecule has 4 nitrogen and oxygen atoms in total. The minimum Gasteiger partial charge on any atom is -0.492 e. The number of amides is 1. The van der Waals surface area contributed by atoms with Gasteiger partial charge in [0, 0.05) is 30.7 Å². The summed E-state index contributed by atoms with van der Waals surface area (Å²) in [6.07, 6.45) is 0.388. The van der Waals surface area contributed by atoms with Crippen molar-refractivity contribution < 1.29 is 9.53 Å². The molecule has 21 heavy (non-hydrogen) atoms. The fourth-order valence-corrected chi connectivity index (χ4v) is 2.99. The highest BCUT2D eigenvalue weighted by Crippen LogP contribution is 2.28. The molecule has 1 aromatic carbocycles. The van der Waals surface area contributed by atoms with E-state index < -0.39 is 0 Å². The molecule has 7 heteroatoms. The number of nitrogens with one attached hydrogen (secondary N) is 1. The number of rotatable bonds is 4. The van der Waals surface area contributed by atoms with Crippen LogP contribution in [0.2, 0.25) is 5.02 Å². The zero-order valence-corrected chi connectivity index (χ0v) is 14.9. The largest absolute Gasteiger partial charge is 0.492 e. The second-order valence-corrected chi connectivity index (χ2v) is 6.10. The molecule has 0 aliphatic carbocycles. The van der Waals surface area contributed by atoms with Crippen LogP contribution in [0.15, 0.2) is 22.7 Å². The lowest BCUT2D eigenvalue weighted by Gasteiger charge is -2.34. The highest BCUT2D eigenvalue weighted by atomic mass is 79.9. The fourth-order valence-electron chi connectivity index (χ4n) is 2.20. The van der Waals surface area contributed by atoms with Crippen molar-refractivity contribution in [3.8, 4) is 5.75 Å². The first-order valence-corrected chi connectivity index (χ1v) is 7.83. The van der Waals surface area contributed by atoms with Crippen LogP contribution in [0.1, 0.15) is 13.3 Å². The van der Waals surface area contributed by atoms with E-state index in [-0.39, 0.29) is 24.4 Å². The molecule has 1 unspecified atom stereocenters. The Morgan fingerprint density at radius 1 is 1.57 bits per heavy atom. The van der Waals surface area contributed by atoms with Crippen LogP contribution in [-0.4, -0.2) is 43.1 Å². The van der Waals surface area contributed by atoms with E-state index in [0.717, 1.165) is 24.1 Å². The van der Waals surface area contributed by atoms with Crippen LogP contribution in [0, 0.1) is 0 Å². The molecule has 1 atom stereocenters. The van der Waals surface area contributed by atoms with E-state index in [0.29, 0.717) is 23.8 Å². The molecule has 118 valence electrons. The van der Waals surface area contributed by atoms with E-state index in [1.54, 1.807) is 18.2 Å². The molecule has 1 fully saturated rings. The summed E-state index contributed by atoms with van der Waals surface area (Å²) in [5.41, 5.74) is 0. The van der Waals surface area contributed by atoms with Gasteiger partial charge in [0.2, 0.25) is 5.91 Å². The number of hydrogen-bond acceptors (Lipinski definition) is 3. The first-order chi connectivity index (χ1) is 9.58. The summed E-state index contributed by atoms with van der Waals surface area (Å²) in [5, 5.41) is 3.92. The minimum atomic E-state index is 0. The minimum absolute atomic E-state index is 0. The molecular weight excluding hydrogens is 379 g/mol. The maximum atomic E-state index is 12.1. The molecule has 0 spiro atoms. The van der Waals surface area contributed by atoms with Gasteiger partial charge in [-0.15, -0.1) is 12.4 Å². The maximum Gasteiger partial charge on any atom is 0.226 e. The van der Waals surface area contributed by atoms with Gasteiger partial charge < -0.3 is 15.0 Å². The lowest BCUT2D eigenvalue weighted by Crippen LogP contribution is -2.52. The molecule has 1 N–H and O–H groups in total. The first-order valence-electron chi connectivity index (χ1n) is 6.66. The van der Waals surface area contributed by atoms with E-state index in [2.05, 4.69) is 28.2 Å². The summed E-state index contributed by atoms with van der Waals surface area (Å²) < 4.78 is 6.42. The highest BCUT2D eigenvalue weighted by molar-refractivity contribution is 9.10. The molecular formula is C14H19BrCl2N2O2. The zero-order valence-electron chi connectivity index (χ0n) is 11.8. The molecule has 1 aliphatic heterocycles. The Kier molecular flexibility index (Phi) is 7.81. The van der Waals surface area contributed by atoms with E-state index in [4.69, 9.17) is 16.3 Å². The first kappa shape index (κ1) is 18.6. The fraction of sp³-hybridized carbons (Fsp3) is 0.500. The van der Waals surface area contributed by atoms with Crippen LogP contribution in [0.4, 0.5) is 0 Å². The average Bonchev–Trinajstić information content (AvgIpc) is 2.41. The number of ether oxygens (including phenoxy) is 1. The third-order valence-corrected chi connectivity index (χ3v) is 4.14. The molecule has 1 heterocycles. The monoisotopic (exact) mass is 396 g/mol. The number of piperazine rings is 1. The SMILES string of the molecule is CC1CNCCN1C(=O)CCOc1ccc(Cl)cc1Br.Cl. The van der Waals surface area contributed by atoms with Gasteiger partial charge >= 0.3 is 0 Å². The number of carbonyl (C=O) groups is 1. The Bertz CT molecular complexity index is 488. The summed E-state index contributed by atoms with van der Waals surface area (Å²) in [4.78, 5) is 14.0. The predicted octanol–water partition coefficient (Wildman–Crippen LogP) is 3.11. The molecule has 1 aromatic rings. The molecule has 1 saturated heterocycles. The molecule has 0 aromatic heterocycles. The Balaban J connectivity index is 0.00000220. The van der Waals surface area contributed by atoms with E-state index in [1.165, 1.54) is 0 Å². The van der Waals surface area contributed by atoms with E-state index in [9.17, 15) is 4.79 Å². The van der Waals surface area contributed by atoms with Crippen molar-refractivity contribution in [1.29, 1.82) is 0 Å².